The van der Waals surface area contributed by atoms with E-state index in [9.17, 15) is 4.79 Å². The van der Waals surface area contributed by atoms with Gasteiger partial charge < -0.3 is 14.8 Å². The number of benzene rings is 2. The van der Waals surface area contributed by atoms with Crippen molar-refractivity contribution in [3.63, 3.8) is 0 Å². The summed E-state index contributed by atoms with van der Waals surface area (Å²) in [5.74, 6) is 0.202. The number of anilines is 1. The first-order valence-corrected chi connectivity index (χ1v) is 9.34. The minimum Gasteiger partial charge on any atom is -0.368 e. The second kappa shape index (κ2) is 7.04. The number of fused-ring (bicyclic) bond motifs is 1. The lowest BCUT2D eigenvalue weighted by molar-refractivity contribution is -0.130. The Morgan fingerprint density at radius 2 is 1.73 bits per heavy atom. The van der Waals surface area contributed by atoms with Gasteiger partial charge in [0, 0.05) is 53.5 Å². The summed E-state index contributed by atoms with van der Waals surface area (Å²) in [7, 11) is 0. The number of aromatic amines is 1. The molecule has 2 heterocycles. The van der Waals surface area contributed by atoms with E-state index in [1.165, 1.54) is 0 Å². The van der Waals surface area contributed by atoms with E-state index in [0.717, 1.165) is 59.0 Å². The van der Waals surface area contributed by atoms with Crippen LogP contribution in [0.2, 0.25) is 5.02 Å². The molecule has 0 radical (unpaired) electrons. The number of aryl methyl sites for hydroxylation is 1. The highest BCUT2D eigenvalue weighted by atomic mass is 35.5. The summed E-state index contributed by atoms with van der Waals surface area (Å²) in [4.78, 5) is 20.5. The molecule has 1 amide bonds. The summed E-state index contributed by atoms with van der Waals surface area (Å²) in [5.41, 5.74) is 4.46. The highest BCUT2D eigenvalue weighted by Gasteiger charge is 2.23. The maximum Gasteiger partial charge on any atom is 0.227 e. The van der Waals surface area contributed by atoms with Gasteiger partial charge in [-0.3, -0.25) is 4.79 Å². The fourth-order valence-corrected chi connectivity index (χ4v) is 3.82. The summed E-state index contributed by atoms with van der Waals surface area (Å²) in [6.45, 7) is 5.24. The van der Waals surface area contributed by atoms with E-state index in [4.69, 9.17) is 11.6 Å². The van der Waals surface area contributed by atoms with Gasteiger partial charge in [0.15, 0.2) is 0 Å². The molecule has 0 bridgehead atoms. The van der Waals surface area contributed by atoms with Crippen LogP contribution in [-0.4, -0.2) is 42.0 Å². The quantitative estimate of drug-likeness (QED) is 0.759. The Labute approximate surface area is 158 Å². The summed E-state index contributed by atoms with van der Waals surface area (Å²) in [5, 5.41) is 1.90. The van der Waals surface area contributed by atoms with E-state index in [1.807, 2.05) is 48.2 Å². The molecule has 1 aliphatic heterocycles. The fourth-order valence-electron chi connectivity index (χ4n) is 3.69. The van der Waals surface area contributed by atoms with E-state index < -0.39 is 0 Å². The molecule has 1 N–H and O–H groups in total. The van der Waals surface area contributed by atoms with Crippen molar-refractivity contribution in [2.45, 2.75) is 13.3 Å². The number of nitrogens with zero attached hydrogens (tertiary/aromatic N) is 2. The predicted molar refractivity (Wildman–Crippen MR) is 107 cm³/mol. The number of nitrogens with one attached hydrogen (secondary N) is 1. The van der Waals surface area contributed by atoms with Crippen LogP contribution in [0.5, 0.6) is 0 Å². The molecule has 0 atom stereocenters. The van der Waals surface area contributed by atoms with Crippen molar-refractivity contribution >= 4 is 34.1 Å². The molecule has 1 saturated heterocycles. The smallest absolute Gasteiger partial charge is 0.227 e. The number of hydrogen-bond acceptors (Lipinski definition) is 2. The lowest BCUT2D eigenvalue weighted by Gasteiger charge is -2.36. The number of carbonyl (C=O) groups is 1. The van der Waals surface area contributed by atoms with Crippen molar-refractivity contribution in [1.82, 2.24) is 9.88 Å². The van der Waals surface area contributed by atoms with Gasteiger partial charge in [-0.25, -0.2) is 0 Å². The Hall–Kier alpha value is -2.46. The zero-order valence-electron chi connectivity index (χ0n) is 14.8. The first kappa shape index (κ1) is 17.0. The Balaban J connectivity index is 1.42. The zero-order valence-corrected chi connectivity index (χ0v) is 15.6. The van der Waals surface area contributed by atoms with Gasteiger partial charge in [-0.2, -0.15) is 0 Å². The number of aromatic nitrogens is 1. The van der Waals surface area contributed by atoms with E-state index in [2.05, 4.69) is 22.0 Å². The van der Waals surface area contributed by atoms with Crippen molar-refractivity contribution in [2.24, 2.45) is 0 Å². The molecule has 4 rings (SSSR count). The largest absolute Gasteiger partial charge is 0.368 e. The summed E-state index contributed by atoms with van der Waals surface area (Å²) < 4.78 is 0. The molecule has 3 aromatic rings. The fraction of sp³-hybridized carbons (Fsp3) is 0.286. The van der Waals surface area contributed by atoms with Crippen LogP contribution in [0.15, 0.2) is 48.5 Å². The summed E-state index contributed by atoms with van der Waals surface area (Å²) >= 11 is 5.96. The van der Waals surface area contributed by atoms with Crippen molar-refractivity contribution in [1.29, 1.82) is 0 Å². The molecule has 1 aromatic heterocycles. The molecule has 5 heteroatoms. The molecular formula is C21H22ClN3O. The van der Waals surface area contributed by atoms with Crippen molar-refractivity contribution < 1.29 is 4.79 Å². The molecule has 1 fully saturated rings. The molecule has 1 aliphatic rings. The summed E-state index contributed by atoms with van der Waals surface area (Å²) in [6.07, 6.45) is 0.455. The van der Waals surface area contributed by atoms with Gasteiger partial charge in [0.25, 0.3) is 0 Å². The Morgan fingerprint density at radius 1 is 1.04 bits per heavy atom. The van der Waals surface area contributed by atoms with E-state index in [0.29, 0.717) is 6.42 Å². The summed E-state index contributed by atoms with van der Waals surface area (Å²) in [6, 6.07) is 16.1. The van der Waals surface area contributed by atoms with E-state index in [-0.39, 0.29) is 5.91 Å². The number of carbonyl (C=O) groups excluding carboxylic acids is 1. The normalized spacial score (nSPS) is 14.8. The molecule has 0 aliphatic carbocycles. The highest BCUT2D eigenvalue weighted by Crippen LogP contribution is 2.24. The predicted octanol–water partition coefficient (Wildman–Crippen LogP) is 4.02. The zero-order chi connectivity index (χ0) is 18.1. The van der Waals surface area contributed by atoms with Crippen molar-refractivity contribution in [2.75, 3.05) is 31.1 Å². The molecule has 0 spiro atoms. The highest BCUT2D eigenvalue weighted by molar-refractivity contribution is 6.30. The van der Waals surface area contributed by atoms with Gasteiger partial charge in [0.2, 0.25) is 5.91 Å². The van der Waals surface area contributed by atoms with Crippen LogP contribution in [0.4, 0.5) is 5.69 Å². The Kier molecular flexibility index (Phi) is 4.60. The molecule has 134 valence electrons. The molecule has 0 unspecified atom stereocenters. The molecule has 2 aromatic carbocycles. The van der Waals surface area contributed by atoms with Crippen LogP contribution in [0.25, 0.3) is 10.9 Å². The third kappa shape index (κ3) is 3.29. The number of rotatable bonds is 3. The second-order valence-electron chi connectivity index (χ2n) is 6.80. The topological polar surface area (TPSA) is 39.3 Å². The van der Waals surface area contributed by atoms with Gasteiger partial charge in [-0.05, 0) is 42.8 Å². The van der Waals surface area contributed by atoms with Crippen molar-refractivity contribution in [3.05, 3.63) is 64.8 Å². The van der Waals surface area contributed by atoms with E-state index >= 15 is 0 Å². The Bertz CT molecular complexity index is 924. The van der Waals surface area contributed by atoms with Gasteiger partial charge in [-0.1, -0.05) is 29.8 Å². The van der Waals surface area contributed by atoms with Crippen LogP contribution in [-0.2, 0) is 11.2 Å². The molecule has 0 saturated carbocycles. The maximum atomic E-state index is 12.8. The van der Waals surface area contributed by atoms with Crippen LogP contribution in [0.3, 0.4) is 0 Å². The SMILES string of the molecule is Cc1[nH]c2ccccc2c1CC(=O)N1CCN(c2ccc(Cl)cc2)CC1. The van der Waals surface area contributed by atoms with Gasteiger partial charge in [-0.15, -0.1) is 0 Å². The average molecular weight is 368 g/mol. The average Bonchev–Trinajstić information content (AvgIpc) is 2.98. The van der Waals surface area contributed by atoms with Crippen LogP contribution in [0, 0.1) is 6.92 Å². The lowest BCUT2D eigenvalue weighted by Crippen LogP contribution is -2.49. The molecule has 26 heavy (non-hydrogen) atoms. The van der Waals surface area contributed by atoms with Crippen LogP contribution < -0.4 is 4.90 Å². The first-order valence-electron chi connectivity index (χ1n) is 8.96. The van der Waals surface area contributed by atoms with Crippen LogP contribution in [0.1, 0.15) is 11.3 Å². The third-order valence-corrected chi connectivity index (χ3v) is 5.43. The molecular weight excluding hydrogens is 346 g/mol. The minimum atomic E-state index is 0.202. The number of para-hydroxylation sites is 1. The number of piperazine rings is 1. The van der Waals surface area contributed by atoms with Gasteiger partial charge >= 0.3 is 0 Å². The van der Waals surface area contributed by atoms with Crippen molar-refractivity contribution in [3.8, 4) is 0 Å². The first-order chi connectivity index (χ1) is 12.6. The van der Waals surface area contributed by atoms with Crippen LogP contribution >= 0.6 is 11.6 Å². The standard InChI is InChI=1S/C21H22ClN3O/c1-15-19(18-4-2-3-5-20(18)23-15)14-21(26)25-12-10-24(11-13-25)17-8-6-16(22)7-9-17/h2-9,23H,10-14H2,1H3. The second-order valence-corrected chi connectivity index (χ2v) is 7.23. The Morgan fingerprint density at radius 3 is 2.46 bits per heavy atom. The van der Waals surface area contributed by atoms with Gasteiger partial charge in [0.1, 0.15) is 0 Å². The molecule has 4 nitrogen and oxygen atoms in total. The third-order valence-electron chi connectivity index (χ3n) is 5.18. The lowest BCUT2D eigenvalue weighted by atomic mass is 10.1. The number of amides is 1. The number of H-pyrrole nitrogens is 1. The number of hydrogen-bond donors (Lipinski definition) is 1. The number of halogens is 1. The van der Waals surface area contributed by atoms with Gasteiger partial charge in [0.05, 0.1) is 6.42 Å². The minimum absolute atomic E-state index is 0.202. The monoisotopic (exact) mass is 367 g/mol. The van der Waals surface area contributed by atoms with E-state index in [1.54, 1.807) is 0 Å². The maximum absolute atomic E-state index is 12.8.